The zero-order chi connectivity index (χ0) is 8.10. The summed E-state index contributed by atoms with van der Waals surface area (Å²) in [5.41, 5.74) is 0. The van der Waals surface area contributed by atoms with Crippen LogP contribution in [0.25, 0.3) is 0 Å². The molecule has 1 atom stereocenters. The van der Waals surface area contributed by atoms with E-state index in [1.165, 1.54) is 0 Å². The lowest BCUT2D eigenvalue weighted by molar-refractivity contribution is -0.142. The molecule has 0 fully saturated rings. The first-order valence-corrected chi connectivity index (χ1v) is 4.18. The quantitative estimate of drug-likeness (QED) is 0.588. The normalized spacial score (nSPS) is 25.6. The molecule has 0 bridgehead atoms. The van der Waals surface area contributed by atoms with Crippen LogP contribution in [0, 0.1) is 5.92 Å². The molecule has 1 aliphatic carbocycles. The van der Waals surface area contributed by atoms with Crippen LogP contribution < -0.4 is 0 Å². The van der Waals surface area contributed by atoms with Crippen LogP contribution in [-0.4, -0.2) is 11.1 Å². The monoisotopic (exact) mass is 154 g/mol. The zero-order valence-corrected chi connectivity index (χ0v) is 6.62. The van der Waals surface area contributed by atoms with Crippen molar-refractivity contribution in [2.45, 2.75) is 32.1 Å². The van der Waals surface area contributed by atoms with Crippen LogP contribution in [0.2, 0.25) is 0 Å². The molecule has 1 rings (SSSR count). The van der Waals surface area contributed by atoms with Crippen LogP contribution in [0.4, 0.5) is 0 Å². The maximum Gasteiger partial charge on any atom is 0.306 e. The molecule has 0 radical (unpaired) electrons. The fraction of sp³-hybridized carbons (Fsp3) is 0.667. The van der Waals surface area contributed by atoms with Gasteiger partial charge in [0.25, 0.3) is 0 Å². The van der Waals surface area contributed by atoms with Gasteiger partial charge in [0, 0.05) is 0 Å². The second-order valence-corrected chi connectivity index (χ2v) is 3.01. The van der Waals surface area contributed by atoms with E-state index in [1.54, 1.807) is 0 Å². The van der Waals surface area contributed by atoms with Gasteiger partial charge >= 0.3 is 5.97 Å². The van der Waals surface area contributed by atoms with Gasteiger partial charge in [-0.15, -0.1) is 0 Å². The molecule has 0 aromatic heterocycles. The summed E-state index contributed by atoms with van der Waals surface area (Å²) >= 11 is 0. The fourth-order valence-electron chi connectivity index (χ4n) is 1.41. The number of carbonyl (C=O) groups is 1. The summed E-state index contributed by atoms with van der Waals surface area (Å²) in [6, 6.07) is 0. The molecule has 11 heavy (non-hydrogen) atoms. The second-order valence-electron chi connectivity index (χ2n) is 3.01. The Morgan fingerprint density at radius 1 is 1.27 bits per heavy atom. The van der Waals surface area contributed by atoms with Crippen molar-refractivity contribution < 1.29 is 9.90 Å². The Bertz CT molecular complexity index is 161. The third-order valence-corrected chi connectivity index (χ3v) is 2.12. The Morgan fingerprint density at radius 3 is 2.73 bits per heavy atom. The molecule has 62 valence electrons. The van der Waals surface area contributed by atoms with Gasteiger partial charge in [-0.25, -0.2) is 0 Å². The number of hydrogen-bond acceptors (Lipinski definition) is 1. The largest absolute Gasteiger partial charge is 0.481 e. The number of aliphatic carboxylic acids is 1. The molecular weight excluding hydrogens is 140 g/mol. The molecule has 2 nitrogen and oxygen atoms in total. The number of carboxylic acid groups (broad SMARTS) is 1. The van der Waals surface area contributed by atoms with Gasteiger partial charge in [-0.05, 0) is 32.1 Å². The van der Waals surface area contributed by atoms with Gasteiger partial charge in [0.2, 0.25) is 0 Å². The number of allylic oxidation sites excluding steroid dienone is 2. The molecule has 0 aliphatic heterocycles. The van der Waals surface area contributed by atoms with E-state index < -0.39 is 5.97 Å². The van der Waals surface area contributed by atoms with E-state index in [-0.39, 0.29) is 5.92 Å². The van der Waals surface area contributed by atoms with Crippen molar-refractivity contribution >= 4 is 5.97 Å². The molecule has 0 saturated heterocycles. The highest BCUT2D eigenvalue weighted by Crippen LogP contribution is 2.18. The van der Waals surface area contributed by atoms with E-state index in [0.29, 0.717) is 0 Å². The first-order valence-electron chi connectivity index (χ1n) is 4.18. The summed E-state index contributed by atoms with van der Waals surface area (Å²) in [5, 5.41) is 8.73. The first kappa shape index (κ1) is 8.31. The first-order chi connectivity index (χ1) is 5.30. The van der Waals surface area contributed by atoms with Crippen LogP contribution in [0.15, 0.2) is 12.2 Å². The molecule has 0 unspecified atom stereocenters. The van der Waals surface area contributed by atoms with Crippen LogP contribution in [0.1, 0.15) is 32.1 Å². The Morgan fingerprint density at radius 2 is 2.00 bits per heavy atom. The minimum absolute atomic E-state index is 0.0973. The minimum Gasteiger partial charge on any atom is -0.481 e. The lowest BCUT2D eigenvalue weighted by Gasteiger charge is -2.11. The highest BCUT2D eigenvalue weighted by Gasteiger charge is 2.16. The van der Waals surface area contributed by atoms with E-state index in [1.807, 2.05) is 0 Å². The molecular formula is C9H14O2. The van der Waals surface area contributed by atoms with Gasteiger partial charge in [-0.1, -0.05) is 12.2 Å². The van der Waals surface area contributed by atoms with Gasteiger partial charge in [0.15, 0.2) is 0 Å². The van der Waals surface area contributed by atoms with Gasteiger partial charge in [-0.2, -0.15) is 0 Å². The van der Waals surface area contributed by atoms with E-state index in [0.717, 1.165) is 32.1 Å². The average molecular weight is 154 g/mol. The Hall–Kier alpha value is -0.790. The van der Waals surface area contributed by atoms with E-state index >= 15 is 0 Å². The maximum absolute atomic E-state index is 10.6. The molecule has 1 aliphatic rings. The van der Waals surface area contributed by atoms with E-state index in [2.05, 4.69) is 12.2 Å². The second kappa shape index (κ2) is 4.16. The fourth-order valence-corrected chi connectivity index (χ4v) is 1.41. The van der Waals surface area contributed by atoms with Gasteiger partial charge in [0.1, 0.15) is 0 Å². The number of rotatable bonds is 1. The van der Waals surface area contributed by atoms with Crippen molar-refractivity contribution in [3.8, 4) is 0 Å². The lowest BCUT2D eigenvalue weighted by Crippen LogP contribution is -2.13. The molecule has 1 N–H and O–H groups in total. The topological polar surface area (TPSA) is 37.3 Å². The molecule has 0 aromatic rings. The average Bonchev–Trinajstić information content (AvgIpc) is 1.84. The van der Waals surface area contributed by atoms with Gasteiger partial charge in [0.05, 0.1) is 5.92 Å². The molecule has 0 saturated carbocycles. The number of carboxylic acids is 1. The summed E-state index contributed by atoms with van der Waals surface area (Å²) in [6.07, 6.45) is 8.90. The Labute approximate surface area is 66.9 Å². The van der Waals surface area contributed by atoms with Gasteiger partial charge < -0.3 is 5.11 Å². The Balaban J connectivity index is 2.42. The van der Waals surface area contributed by atoms with E-state index in [4.69, 9.17) is 5.11 Å². The van der Waals surface area contributed by atoms with Crippen molar-refractivity contribution in [2.75, 3.05) is 0 Å². The molecule has 0 aromatic carbocycles. The van der Waals surface area contributed by atoms with Crippen LogP contribution >= 0.6 is 0 Å². The highest BCUT2D eigenvalue weighted by molar-refractivity contribution is 5.69. The van der Waals surface area contributed by atoms with Crippen LogP contribution in [-0.2, 0) is 4.79 Å². The van der Waals surface area contributed by atoms with Crippen molar-refractivity contribution in [1.29, 1.82) is 0 Å². The van der Waals surface area contributed by atoms with Crippen LogP contribution in [0.5, 0.6) is 0 Å². The predicted octanol–water partition coefficient (Wildman–Crippen LogP) is 2.21. The van der Waals surface area contributed by atoms with Crippen molar-refractivity contribution in [1.82, 2.24) is 0 Å². The van der Waals surface area contributed by atoms with Gasteiger partial charge in [-0.3, -0.25) is 4.79 Å². The third kappa shape index (κ3) is 2.74. The SMILES string of the molecule is O=C(O)[C@H]1CCC=CCCC1. The maximum atomic E-state index is 10.6. The van der Waals surface area contributed by atoms with Crippen molar-refractivity contribution in [2.24, 2.45) is 5.92 Å². The predicted molar refractivity (Wildman–Crippen MR) is 43.4 cm³/mol. The summed E-state index contributed by atoms with van der Waals surface area (Å²) in [5.74, 6) is -0.722. The third-order valence-electron chi connectivity index (χ3n) is 2.12. The molecule has 0 heterocycles. The summed E-state index contributed by atoms with van der Waals surface area (Å²) in [4.78, 5) is 10.6. The Kier molecular flexibility index (Phi) is 3.14. The molecule has 2 heteroatoms. The zero-order valence-electron chi connectivity index (χ0n) is 6.62. The summed E-state index contributed by atoms with van der Waals surface area (Å²) < 4.78 is 0. The minimum atomic E-state index is -0.625. The smallest absolute Gasteiger partial charge is 0.306 e. The molecule has 0 spiro atoms. The standard InChI is InChI=1S/C9H14O2/c10-9(11)8-6-4-2-1-3-5-7-8/h1-2,8H,3-7H2,(H,10,11)/t8-/m0/s1. The van der Waals surface area contributed by atoms with Crippen LogP contribution in [0.3, 0.4) is 0 Å². The summed E-state index contributed by atoms with van der Waals surface area (Å²) in [6.45, 7) is 0. The summed E-state index contributed by atoms with van der Waals surface area (Å²) in [7, 11) is 0. The van der Waals surface area contributed by atoms with E-state index in [9.17, 15) is 4.79 Å². The van der Waals surface area contributed by atoms with Crippen molar-refractivity contribution in [3.05, 3.63) is 12.2 Å². The number of hydrogen-bond donors (Lipinski definition) is 1. The van der Waals surface area contributed by atoms with Crippen molar-refractivity contribution in [3.63, 3.8) is 0 Å². The molecule has 0 amide bonds. The lowest BCUT2D eigenvalue weighted by atomic mass is 9.94. The highest BCUT2D eigenvalue weighted by atomic mass is 16.4.